The molecule has 0 spiro atoms. The molecule has 10 atom stereocenters. The quantitative estimate of drug-likeness (QED) is 0.0927. The third-order valence-electron chi connectivity index (χ3n) is 14.0. The molecule has 0 saturated heterocycles. The number of benzene rings is 1. The van der Waals surface area contributed by atoms with Gasteiger partial charge in [-0.2, -0.15) is 0 Å². The van der Waals surface area contributed by atoms with E-state index in [2.05, 4.69) is 49.9 Å². The van der Waals surface area contributed by atoms with E-state index in [1.54, 1.807) is 27.4 Å². The number of fused-ring (bicyclic) bond motifs is 7. The van der Waals surface area contributed by atoms with Crippen molar-refractivity contribution in [2.75, 3.05) is 27.9 Å². The molecule has 1 aromatic rings. The lowest BCUT2D eigenvalue weighted by atomic mass is 9.38. The van der Waals surface area contributed by atoms with Crippen molar-refractivity contribution in [3.8, 4) is 17.2 Å². The topological polar surface area (TPSA) is 74.2 Å². The molecular formula is C43H67IO6. The van der Waals surface area contributed by atoms with Gasteiger partial charge in [0, 0.05) is 14.9 Å². The normalized spacial score (nSPS) is 38.4. The Morgan fingerprint density at radius 2 is 1.48 bits per heavy atom. The summed E-state index contributed by atoms with van der Waals surface area (Å²) in [5, 5.41) is 10.5. The van der Waals surface area contributed by atoms with Gasteiger partial charge in [0.05, 0.1) is 34.0 Å². The van der Waals surface area contributed by atoms with Crippen molar-refractivity contribution in [1.29, 1.82) is 0 Å². The predicted octanol–water partition coefficient (Wildman–Crippen LogP) is 10.9. The molecule has 0 bridgehead atoms. The van der Waals surface area contributed by atoms with Crippen LogP contribution in [-0.2, 0) is 9.53 Å². The Morgan fingerprint density at radius 1 is 0.880 bits per heavy atom. The number of ether oxygens (including phenoxy) is 4. The van der Waals surface area contributed by atoms with Crippen LogP contribution in [-0.4, -0.2) is 48.5 Å². The number of allylic oxidation sites excluding steroid dienone is 1. The van der Waals surface area contributed by atoms with E-state index in [0.717, 1.165) is 43.6 Å². The molecular weight excluding hydrogens is 739 g/mol. The Balaban J connectivity index is 0.00000136. The monoisotopic (exact) mass is 806 g/mol. The van der Waals surface area contributed by atoms with Crippen LogP contribution in [0.5, 0.6) is 17.2 Å². The van der Waals surface area contributed by atoms with Crippen LogP contribution in [0.1, 0.15) is 125 Å². The van der Waals surface area contributed by atoms with Crippen LogP contribution in [0.2, 0.25) is 0 Å². The Labute approximate surface area is 317 Å². The van der Waals surface area contributed by atoms with Gasteiger partial charge in [-0.3, -0.25) is 0 Å². The van der Waals surface area contributed by atoms with Gasteiger partial charge >= 0.3 is 5.97 Å². The number of carbonyl (C=O) groups is 1. The van der Waals surface area contributed by atoms with E-state index in [1.165, 1.54) is 50.2 Å². The second-order valence-electron chi connectivity index (χ2n) is 16.0. The Morgan fingerprint density at radius 3 is 2.08 bits per heavy atom. The SMILES string of the molecule is C=C(C)[C@@H]1CCC2(COC(=O)/C=C/c3cc(OC)c(OC)c(OC)c3)CCC3C4(C)CCC5CC(O)CCC5(C)C4CCC3(I)[C@@H]12.CC.CC. The fourth-order valence-corrected chi connectivity index (χ4v) is 14.4. The van der Waals surface area contributed by atoms with Crippen molar-refractivity contribution in [3.05, 3.63) is 35.9 Å². The molecule has 0 aromatic heterocycles. The number of aliphatic hydroxyl groups is 1. The third-order valence-corrected chi connectivity index (χ3v) is 16.0. The van der Waals surface area contributed by atoms with E-state index in [0.29, 0.717) is 58.4 Å². The van der Waals surface area contributed by atoms with Crippen LogP contribution in [0, 0.1) is 45.8 Å². The smallest absolute Gasteiger partial charge is 0.330 e. The summed E-state index contributed by atoms with van der Waals surface area (Å²) in [6.45, 7) is 20.4. The van der Waals surface area contributed by atoms with Gasteiger partial charge in [0.1, 0.15) is 0 Å². The molecule has 5 aliphatic carbocycles. The highest BCUT2D eigenvalue weighted by Crippen LogP contribution is 2.75. The summed E-state index contributed by atoms with van der Waals surface area (Å²) < 4.78 is 22.8. The van der Waals surface area contributed by atoms with Crippen molar-refractivity contribution in [3.63, 3.8) is 0 Å². The fourth-order valence-electron chi connectivity index (χ4n) is 12.0. The second-order valence-corrected chi connectivity index (χ2v) is 18.0. The lowest BCUT2D eigenvalue weighted by Gasteiger charge is -2.69. The first kappa shape index (κ1) is 41.0. The van der Waals surface area contributed by atoms with Crippen molar-refractivity contribution >= 4 is 34.6 Å². The zero-order valence-electron chi connectivity index (χ0n) is 32.8. The maximum Gasteiger partial charge on any atom is 0.330 e. The van der Waals surface area contributed by atoms with E-state index in [4.69, 9.17) is 18.9 Å². The molecule has 0 amide bonds. The molecule has 50 heavy (non-hydrogen) atoms. The largest absolute Gasteiger partial charge is 0.493 e. The van der Waals surface area contributed by atoms with E-state index in [-0.39, 0.29) is 20.9 Å². The summed E-state index contributed by atoms with van der Waals surface area (Å²) in [5.74, 6) is 4.24. The number of halogens is 1. The van der Waals surface area contributed by atoms with Crippen molar-refractivity contribution in [1.82, 2.24) is 0 Å². The van der Waals surface area contributed by atoms with Gasteiger partial charge in [0.2, 0.25) is 5.75 Å². The summed E-state index contributed by atoms with van der Waals surface area (Å²) >= 11 is 2.93. The van der Waals surface area contributed by atoms with Crippen LogP contribution < -0.4 is 14.2 Å². The van der Waals surface area contributed by atoms with Gasteiger partial charge in [0.25, 0.3) is 0 Å². The number of alkyl halides is 1. The molecule has 0 radical (unpaired) electrons. The van der Waals surface area contributed by atoms with E-state index >= 15 is 0 Å². The highest BCUT2D eigenvalue weighted by Gasteiger charge is 2.70. The van der Waals surface area contributed by atoms with Crippen molar-refractivity contribution in [2.45, 2.75) is 129 Å². The van der Waals surface area contributed by atoms with E-state index < -0.39 is 0 Å². The molecule has 1 N–H and O–H groups in total. The standard InChI is InChI=1S/C39H55IO6.2C2H6/c1-24(2)28-12-17-38(23-46-33(42)9-8-25-20-29(43-5)34(45-7)30(21-25)44-6)18-13-32-37(4)15-10-26-22-27(41)11-16-36(26,3)31(37)14-19-39(32,40)35(28)38;2*1-2/h8-9,20-21,26-28,31-32,35,41H,1,10-19,22-23H2,2-7H3;2*1-2H3/b9-8+;;/t26?,27?,28-,31?,32?,35-,36?,37?,38?,39?;;/m0../s1. The lowest BCUT2D eigenvalue weighted by molar-refractivity contribution is -0.178. The Kier molecular flexibility index (Phi) is 13.5. The first-order valence-electron chi connectivity index (χ1n) is 19.5. The van der Waals surface area contributed by atoms with Gasteiger partial charge in [-0.1, -0.05) is 76.3 Å². The number of methoxy groups -OCH3 is 3. The highest BCUT2D eigenvalue weighted by atomic mass is 127. The summed E-state index contributed by atoms with van der Waals surface area (Å²) in [7, 11) is 4.75. The summed E-state index contributed by atoms with van der Waals surface area (Å²) in [4.78, 5) is 13.3. The molecule has 5 aliphatic rings. The van der Waals surface area contributed by atoms with E-state index in [1.807, 2.05) is 39.8 Å². The summed E-state index contributed by atoms with van der Waals surface area (Å²) in [6.07, 6.45) is 15.9. The zero-order valence-corrected chi connectivity index (χ0v) is 35.0. The van der Waals surface area contributed by atoms with Crippen molar-refractivity contribution < 1.29 is 28.8 Å². The van der Waals surface area contributed by atoms with Crippen LogP contribution in [0.3, 0.4) is 0 Å². The number of hydrogen-bond donors (Lipinski definition) is 1. The molecule has 1 aromatic carbocycles. The minimum atomic E-state index is -0.313. The van der Waals surface area contributed by atoms with Crippen molar-refractivity contribution in [2.24, 2.45) is 45.8 Å². The summed E-state index contributed by atoms with van der Waals surface area (Å²) in [6, 6.07) is 3.66. The fraction of sp³-hybridized carbons (Fsp3) is 0.744. The number of carbonyl (C=O) groups excluding carboxylic acids is 1. The highest BCUT2D eigenvalue weighted by molar-refractivity contribution is 14.1. The number of aliphatic hydroxyl groups excluding tert-OH is 1. The van der Waals surface area contributed by atoms with Crippen LogP contribution in [0.25, 0.3) is 6.08 Å². The van der Waals surface area contributed by atoms with Gasteiger partial charge < -0.3 is 24.1 Å². The molecule has 5 saturated carbocycles. The Bertz CT molecular complexity index is 1350. The van der Waals surface area contributed by atoms with Crippen LogP contribution in [0.4, 0.5) is 0 Å². The average molecular weight is 807 g/mol. The number of rotatable bonds is 8. The number of hydrogen-bond acceptors (Lipinski definition) is 6. The molecule has 6 nitrogen and oxygen atoms in total. The molecule has 5 fully saturated rings. The van der Waals surface area contributed by atoms with Gasteiger partial charge in [-0.25, -0.2) is 4.79 Å². The van der Waals surface area contributed by atoms with Gasteiger partial charge in [-0.05, 0) is 142 Å². The summed E-state index contributed by atoms with van der Waals surface area (Å²) in [5.41, 5.74) is 2.69. The maximum atomic E-state index is 13.3. The first-order chi connectivity index (χ1) is 23.8. The lowest BCUT2D eigenvalue weighted by Crippen LogP contribution is -2.65. The first-order valence-corrected chi connectivity index (χ1v) is 20.6. The van der Waals surface area contributed by atoms with Gasteiger partial charge in [-0.15, -0.1) is 0 Å². The predicted molar refractivity (Wildman–Crippen MR) is 213 cm³/mol. The minimum absolute atomic E-state index is 0.0173. The maximum absolute atomic E-state index is 13.3. The average Bonchev–Trinajstić information content (AvgIpc) is 3.53. The zero-order chi connectivity index (χ0) is 37.1. The molecule has 0 heterocycles. The minimum Gasteiger partial charge on any atom is -0.493 e. The molecule has 282 valence electrons. The third kappa shape index (κ3) is 7.13. The van der Waals surface area contributed by atoms with E-state index in [9.17, 15) is 9.90 Å². The van der Waals surface area contributed by atoms with Gasteiger partial charge in [0.15, 0.2) is 11.5 Å². The van der Waals surface area contributed by atoms with Crippen LogP contribution in [0.15, 0.2) is 30.4 Å². The molecule has 7 heteroatoms. The molecule has 8 unspecified atom stereocenters. The molecule has 6 rings (SSSR count). The number of esters is 1. The molecule has 0 aliphatic heterocycles. The Hall–Kier alpha value is -1.74. The second kappa shape index (κ2) is 16.5. The van der Waals surface area contributed by atoms with Crippen LogP contribution >= 0.6 is 22.6 Å².